The molecule has 1 saturated heterocycles. The summed E-state index contributed by atoms with van der Waals surface area (Å²) in [5, 5.41) is 20.0. The van der Waals surface area contributed by atoms with E-state index in [1.807, 2.05) is 13.8 Å². The van der Waals surface area contributed by atoms with Crippen molar-refractivity contribution in [2.45, 2.75) is 115 Å². The van der Waals surface area contributed by atoms with Gasteiger partial charge in [0.15, 0.2) is 23.8 Å². The zero-order valence-corrected chi connectivity index (χ0v) is 23.7. The molecule has 2 aliphatic rings. The number of methoxy groups -OCH3 is 1. The van der Waals surface area contributed by atoms with Crippen molar-refractivity contribution >= 4 is 33.7 Å². The lowest BCUT2D eigenvalue weighted by Crippen LogP contribution is -2.58. The first-order valence-corrected chi connectivity index (χ1v) is 13.7. The average molecular weight is 577 g/mol. The Kier molecular flexibility index (Phi) is 11.6. The van der Waals surface area contributed by atoms with Crippen LogP contribution in [0.25, 0.3) is 0 Å². The van der Waals surface area contributed by atoms with Gasteiger partial charge in [0, 0.05) is 20.1 Å². The van der Waals surface area contributed by atoms with Crippen molar-refractivity contribution in [2.75, 3.05) is 13.7 Å². The third-order valence-electron chi connectivity index (χ3n) is 6.85. The highest BCUT2D eigenvalue weighted by Crippen LogP contribution is 2.38. The van der Waals surface area contributed by atoms with E-state index in [9.17, 15) is 19.5 Å². The summed E-state index contributed by atoms with van der Waals surface area (Å²) in [5.74, 6) is -3.15. The molecule has 9 nitrogen and oxygen atoms in total. The van der Waals surface area contributed by atoms with Gasteiger partial charge in [-0.15, -0.1) is 0 Å². The van der Waals surface area contributed by atoms with Gasteiger partial charge >= 0.3 is 6.09 Å². The van der Waals surface area contributed by atoms with Crippen molar-refractivity contribution in [3.63, 3.8) is 0 Å². The summed E-state index contributed by atoms with van der Waals surface area (Å²) in [5.41, 5.74) is -0.904. The predicted molar refractivity (Wildman–Crippen MR) is 137 cm³/mol. The second-order valence-corrected chi connectivity index (χ2v) is 11.4. The largest absolute Gasteiger partial charge is 0.441 e. The molecule has 4 atom stereocenters. The van der Waals surface area contributed by atoms with Crippen molar-refractivity contribution < 1.29 is 38.8 Å². The van der Waals surface area contributed by atoms with Gasteiger partial charge < -0.3 is 24.4 Å². The number of halogens is 1. The maximum atomic E-state index is 13.5. The molecule has 0 spiro atoms. The van der Waals surface area contributed by atoms with Gasteiger partial charge in [0.05, 0.1) is 10.5 Å². The lowest BCUT2D eigenvalue weighted by molar-refractivity contribution is -0.227. The highest BCUT2D eigenvalue weighted by molar-refractivity contribution is 9.11. The third-order valence-corrected chi connectivity index (χ3v) is 7.70. The summed E-state index contributed by atoms with van der Waals surface area (Å²) in [6.07, 6.45) is 5.49. The van der Waals surface area contributed by atoms with Crippen molar-refractivity contribution in [2.24, 2.45) is 5.92 Å². The van der Waals surface area contributed by atoms with Gasteiger partial charge in [-0.05, 0) is 54.6 Å². The van der Waals surface area contributed by atoms with Crippen molar-refractivity contribution in [1.29, 1.82) is 0 Å². The van der Waals surface area contributed by atoms with Gasteiger partial charge in [-0.25, -0.2) is 9.69 Å². The van der Waals surface area contributed by atoms with Gasteiger partial charge in [-0.1, -0.05) is 52.4 Å². The van der Waals surface area contributed by atoms with Crippen LogP contribution in [-0.2, 0) is 23.8 Å². The summed E-state index contributed by atoms with van der Waals surface area (Å²) in [6.45, 7) is 7.47. The SMILES string of the molecule is CO[C@@H](C(=O)N1C(=O)OC(C)(C)[C@H]1C(C)C)[C@@H]1O[C@@](O)(CCCCCCCCCCO)C(Br)=CC1=O. The molecule has 0 bridgehead atoms. The molecule has 206 valence electrons. The molecule has 10 heteroatoms. The first kappa shape index (κ1) is 30.9. The Balaban J connectivity index is 2.05. The quantitative estimate of drug-likeness (QED) is 0.295. The molecule has 0 radical (unpaired) electrons. The lowest BCUT2D eigenvalue weighted by Gasteiger charge is -2.38. The Labute approximate surface area is 222 Å². The number of cyclic esters (lactones) is 1. The minimum Gasteiger partial charge on any atom is -0.441 e. The second-order valence-electron chi connectivity index (χ2n) is 10.5. The van der Waals surface area contributed by atoms with Crippen LogP contribution in [0.15, 0.2) is 10.6 Å². The monoisotopic (exact) mass is 575 g/mol. The Morgan fingerprint density at radius 2 is 1.67 bits per heavy atom. The molecular formula is C26H42BrNO8. The summed E-state index contributed by atoms with van der Waals surface area (Å²) in [7, 11) is 1.27. The van der Waals surface area contributed by atoms with Crippen molar-refractivity contribution in [3.05, 3.63) is 10.6 Å². The van der Waals surface area contributed by atoms with Crippen LogP contribution in [0.3, 0.4) is 0 Å². The van der Waals surface area contributed by atoms with Crippen LogP contribution in [0.5, 0.6) is 0 Å². The molecular weight excluding hydrogens is 534 g/mol. The topological polar surface area (TPSA) is 123 Å². The van der Waals surface area contributed by atoms with Crippen LogP contribution in [0.1, 0.15) is 85.5 Å². The fourth-order valence-corrected chi connectivity index (χ4v) is 5.67. The first-order chi connectivity index (χ1) is 16.9. The van der Waals surface area contributed by atoms with Crippen LogP contribution >= 0.6 is 15.9 Å². The maximum absolute atomic E-state index is 13.5. The second kappa shape index (κ2) is 13.5. The number of nitrogens with zero attached hydrogens (tertiary/aromatic N) is 1. The summed E-state index contributed by atoms with van der Waals surface area (Å²) >= 11 is 3.26. The molecule has 2 amide bonds. The first-order valence-electron chi connectivity index (χ1n) is 12.9. The number of hydrogen-bond acceptors (Lipinski definition) is 8. The molecule has 2 heterocycles. The number of ether oxygens (including phenoxy) is 3. The maximum Gasteiger partial charge on any atom is 0.417 e. The molecule has 1 fully saturated rings. The number of carbonyl (C=O) groups excluding carboxylic acids is 3. The number of amides is 2. The van der Waals surface area contributed by atoms with E-state index in [0.29, 0.717) is 6.42 Å². The van der Waals surface area contributed by atoms with Gasteiger partial charge in [-0.2, -0.15) is 0 Å². The number of imide groups is 1. The number of unbranched alkanes of at least 4 members (excludes halogenated alkanes) is 7. The normalized spacial score (nSPS) is 26.8. The van der Waals surface area contributed by atoms with E-state index in [1.54, 1.807) is 13.8 Å². The Morgan fingerprint density at radius 1 is 1.11 bits per heavy atom. The third kappa shape index (κ3) is 7.37. The van der Waals surface area contributed by atoms with E-state index < -0.39 is 47.4 Å². The Bertz CT molecular complexity index is 814. The van der Waals surface area contributed by atoms with Crippen LogP contribution in [-0.4, -0.2) is 76.3 Å². The van der Waals surface area contributed by atoms with Crippen LogP contribution in [0.4, 0.5) is 4.79 Å². The van der Waals surface area contributed by atoms with Gasteiger partial charge in [0.2, 0.25) is 0 Å². The number of rotatable bonds is 14. The molecule has 36 heavy (non-hydrogen) atoms. The molecule has 2 N–H and O–H groups in total. The molecule has 0 unspecified atom stereocenters. The standard InChI is InChI=1S/C26H42BrNO8/c1-17(2)22-25(3,4)36-24(32)28(22)23(31)21(34-5)20-18(30)16-19(27)26(33,35-20)14-12-10-8-6-7-9-11-13-15-29/h16-17,20-22,29,33H,6-15H2,1-5H3/t20-,21-,22-,26+/m1/s1. The number of hydrogen-bond donors (Lipinski definition) is 2. The summed E-state index contributed by atoms with van der Waals surface area (Å²) < 4.78 is 16.9. The smallest absolute Gasteiger partial charge is 0.417 e. The summed E-state index contributed by atoms with van der Waals surface area (Å²) in [4.78, 5) is 40.0. The number of carbonyl (C=O) groups is 3. The predicted octanol–water partition coefficient (Wildman–Crippen LogP) is 4.22. The fourth-order valence-electron chi connectivity index (χ4n) is 5.15. The van der Waals surface area contributed by atoms with E-state index in [1.165, 1.54) is 13.2 Å². The van der Waals surface area contributed by atoms with Crippen molar-refractivity contribution in [1.82, 2.24) is 4.90 Å². The fraction of sp³-hybridized carbons (Fsp3) is 0.808. The highest BCUT2D eigenvalue weighted by Gasteiger charge is 2.55. The number of aliphatic hydroxyl groups is 2. The zero-order valence-electron chi connectivity index (χ0n) is 22.1. The highest BCUT2D eigenvalue weighted by atomic mass is 79.9. The minimum atomic E-state index is -1.78. The van der Waals surface area contributed by atoms with Gasteiger partial charge in [-0.3, -0.25) is 9.59 Å². The summed E-state index contributed by atoms with van der Waals surface area (Å²) in [6, 6.07) is -0.557. The Hall–Kier alpha value is -1.33. The van der Waals surface area contributed by atoms with E-state index in [4.69, 9.17) is 19.3 Å². The molecule has 0 aromatic heterocycles. The van der Waals surface area contributed by atoms with Crippen LogP contribution < -0.4 is 0 Å². The molecule has 2 rings (SSSR count). The van der Waals surface area contributed by atoms with E-state index in [0.717, 1.165) is 49.8 Å². The molecule has 0 aromatic rings. The molecule has 0 saturated carbocycles. The minimum absolute atomic E-state index is 0.100. The zero-order chi connectivity index (χ0) is 27.1. The number of aliphatic hydroxyl groups excluding tert-OH is 1. The van der Waals surface area contributed by atoms with Crippen LogP contribution in [0.2, 0.25) is 0 Å². The van der Waals surface area contributed by atoms with Gasteiger partial charge in [0.1, 0.15) is 5.60 Å². The lowest BCUT2D eigenvalue weighted by atomic mass is 9.88. The van der Waals surface area contributed by atoms with Gasteiger partial charge in [0.25, 0.3) is 5.91 Å². The molecule has 0 aromatic carbocycles. The van der Waals surface area contributed by atoms with E-state index in [-0.39, 0.29) is 23.4 Å². The average Bonchev–Trinajstić information content (AvgIpc) is 3.04. The van der Waals surface area contributed by atoms with E-state index >= 15 is 0 Å². The number of ketones is 1. The van der Waals surface area contributed by atoms with E-state index in [2.05, 4.69) is 15.9 Å². The van der Waals surface area contributed by atoms with Crippen LogP contribution in [0, 0.1) is 5.92 Å². The Morgan fingerprint density at radius 3 is 2.19 bits per heavy atom. The molecule has 2 aliphatic heterocycles. The van der Waals surface area contributed by atoms with Crippen molar-refractivity contribution in [3.8, 4) is 0 Å². The molecule has 0 aliphatic carbocycles.